The zero-order chi connectivity index (χ0) is 22.9. The van der Waals surface area contributed by atoms with Crippen molar-refractivity contribution in [2.24, 2.45) is 17.8 Å². The van der Waals surface area contributed by atoms with Crippen molar-refractivity contribution in [3.8, 4) is 0 Å². The van der Waals surface area contributed by atoms with Crippen LogP contribution in [0.5, 0.6) is 0 Å². The van der Waals surface area contributed by atoms with E-state index in [2.05, 4.69) is 16.0 Å². The van der Waals surface area contributed by atoms with E-state index in [9.17, 15) is 13.2 Å². The number of fused-ring (bicyclic) bond motifs is 2. The molecule has 0 unspecified atom stereocenters. The highest BCUT2D eigenvalue weighted by atomic mass is 32.2. The number of nitrogens with zero attached hydrogens (tertiary/aromatic N) is 5. The molecule has 0 amide bonds. The van der Waals surface area contributed by atoms with Crippen LogP contribution in [0, 0.1) is 24.7 Å². The van der Waals surface area contributed by atoms with E-state index in [-0.39, 0.29) is 17.6 Å². The summed E-state index contributed by atoms with van der Waals surface area (Å²) < 4.78 is 43.5. The average molecular weight is 492 g/mol. The summed E-state index contributed by atoms with van der Waals surface area (Å²) in [5.74, 6) is 3.30. The summed E-state index contributed by atoms with van der Waals surface area (Å²) in [6.07, 6.45) is -3.53. The third-order valence-electron chi connectivity index (χ3n) is 7.30. The number of hydrogen-bond donors (Lipinski definition) is 0. The Labute approximate surface area is 198 Å². The Bertz CT molecular complexity index is 1170. The van der Waals surface area contributed by atoms with Gasteiger partial charge in [0, 0.05) is 37.0 Å². The largest absolute Gasteiger partial charge is 0.433 e. The Morgan fingerprint density at radius 3 is 2.52 bits per heavy atom. The highest BCUT2D eigenvalue weighted by molar-refractivity contribution is 8.01. The van der Waals surface area contributed by atoms with Crippen LogP contribution in [-0.2, 0) is 6.18 Å². The van der Waals surface area contributed by atoms with E-state index in [1.54, 1.807) is 23.1 Å². The van der Waals surface area contributed by atoms with Gasteiger partial charge < -0.3 is 9.80 Å². The minimum absolute atomic E-state index is 0.140. The maximum atomic E-state index is 13.7. The van der Waals surface area contributed by atoms with Gasteiger partial charge in [-0.05, 0) is 50.2 Å². The van der Waals surface area contributed by atoms with Gasteiger partial charge in [0.05, 0.1) is 10.2 Å². The molecule has 1 aromatic carbocycles. The van der Waals surface area contributed by atoms with E-state index < -0.39 is 11.9 Å². The molecule has 0 bridgehead atoms. The second-order valence-corrected chi connectivity index (χ2v) is 11.6. The van der Waals surface area contributed by atoms with E-state index in [4.69, 9.17) is 4.98 Å². The number of alkyl halides is 3. The van der Waals surface area contributed by atoms with Gasteiger partial charge in [-0.2, -0.15) is 18.2 Å². The minimum Gasteiger partial charge on any atom is -0.356 e. The van der Waals surface area contributed by atoms with E-state index >= 15 is 0 Å². The van der Waals surface area contributed by atoms with Crippen LogP contribution in [0.2, 0.25) is 0 Å². The fourth-order valence-electron chi connectivity index (χ4n) is 5.17. The maximum Gasteiger partial charge on any atom is 0.433 e. The second kappa shape index (κ2) is 7.73. The lowest BCUT2D eigenvalue weighted by molar-refractivity contribution is -0.141. The molecule has 1 saturated carbocycles. The molecule has 5 nitrogen and oxygen atoms in total. The Kier molecular flexibility index (Phi) is 5.03. The van der Waals surface area contributed by atoms with Crippen molar-refractivity contribution in [3.63, 3.8) is 0 Å². The first-order valence-electron chi connectivity index (χ1n) is 11.3. The lowest BCUT2D eigenvalue weighted by Crippen LogP contribution is -2.47. The molecule has 174 valence electrons. The zero-order valence-electron chi connectivity index (χ0n) is 18.3. The molecule has 10 heteroatoms. The van der Waals surface area contributed by atoms with Crippen molar-refractivity contribution in [2.75, 3.05) is 35.2 Å². The number of piperidine rings is 1. The lowest BCUT2D eigenvalue weighted by atomic mass is 10.1. The van der Waals surface area contributed by atoms with Crippen LogP contribution in [0.15, 0.2) is 28.6 Å². The van der Waals surface area contributed by atoms with Crippen molar-refractivity contribution < 1.29 is 13.2 Å². The predicted octanol–water partition coefficient (Wildman–Crippen LogP) is 5.49. The molecule has 4 heterocycles. The number of hydrogen-bond acceptors (Lipinski definition) is 7. The van der Waals surface area contributed by atoms with Crippen molar-refractivity contribution >= 4 is 45.1 Å². The van der Waals surface area contributed by atoms with Gasteiger partial charge >= 0.3 is 6.18 Å². The SMILES string of the molecule is Cc1c(N2C[C@@H]3[C@@H](CSc4nc5ccccc5s4)[C@@H]3C2)nc(N2CC[C@@H]2C)nc1C(F)(F)F. The quantitative estimate of drug-likeness (QED) is 0.440. The molecule has 3 fully saturated rings. The van der Waals surface area contributed by atoms with Gasteiger partial charge in [0.25, 0.3) is 0 Å². The fraction of sp³-hybridized carbons (Fsp3) is 0.522. The Morgan fingerprint density at radius 2 is 1.88 bits per heavy atom. The van der Waals surface area contributed by atoms with Gasteiger partial charge in [0.15, 0.2) is 10.0 Å². The number of thiazole rings is 1. The second-order valence-electron chi connectivity index (χ2n) is 9.30. The van der Waals surface area contributed by atoms with Crippen molar-refractivity contribution in [3.05, 3.63) is 35.5 Å². The van der Waals surface area contributed by atoms with Crippen LogP contribution in [0.3, 0.4) is 0 Å². The molecule has 1 aliphatic carbocycles. The Hall–Kier alpha value is -2.07. The minimum atomic E-state index is -4.48. The van der Waals surface area contributed by atoms with Crippen LogP contribution >= 0.6 is 23.1 Å². The van der Waals surface area contributed by atoms with Gasteiger partial charge in [-0.15, -0.1) is 11.3 Å². The summed E-state index contributed by atoms with van der Waals surface area (Å²) in [4.78, 5) is 17.2. The smallest absolute Gasteiger partial charge is 0.356 e. The van der Waals surface area contributed by atoms with Crippen molar-refractivity contribution in [1.82, 2.24) is 15.0 Å². The lowest BCUT2D eigenvalue weighted by Gasteiger charge is -2.39. The summed E-state index contributed by atoms with van der Waals surface area (Å²) in [6.45, 7) is 5.74. The molecule has 2 aromatic heterocycles. The molecular formula is C23H24F3N5S2. The van der Waals surface area contributed by atoms with Crippen LogP contribution in [0.4, 0.5) is 24.9 Å². The molecule has 2 aliphatic heterocycles. The first-order valence-corrected chi connectivity index (χ1v) is 13.1. The first-order chi connectivity index (χ1) is 15.8. The molecule has 0 N–H and O–H groups in total. The van der Waals surface area contributed by atoms with Crippen molar-refractivity contribution in [2.45, 2.75) is 36.8 Å². The normalized spacial score (nSPS) is 26.6. The number of benzene rings is 1. The highest BCUT2D eigenvalue weighted by Crippen LogP contribution is 2.55. The summed E-state index contributed by atoms with van der Waals surface area (Å²) in [6, 6.07) is 8.34. The van der Waals surface area contributed by atoms with Crippen LogP contribution in [0.25, 0.3) is 10.2 Å². The van der Waals surface area contributed by atoms with Crippen LogP contribution < -0.4 is 9.80 Å². The average Bonchev–Trinajstić information content (AvgIpc) is 3.10. The molecular weight excluding hydrogens is 467 g/mol. The number of rotatable bonds is 5. The molecule has 0 radical (unpaired) electrons. The van der Waals surface area contributed by atoms with Gasteiger partial charge in [0.2, 0.25) is 5.95 Å². The van der Waals surface area contributed by atoms with E-state index in [0.29, 0.717) is 30.1 Å². The number of aromatic nitrogens is 3. The molecule has 3 aromatic rings. The van der Waals surface area contributed by atoms with Gasteiger partial charge in [-0.25, -0.2) is 9.97 Å². The van der Waals surface area contributed by atoms with Crippen LogP contribution in [0.1, 0.15) is 24.6 Å². The standard InChI is InChI=1S/C23H24F3N5S2/c1-12-7-8-31(12)21-28-19(23(24,25)26)13(2)20(29-21)30-9-14-15(10-30)16(14)11-32-22-27-17-5-3-4-6-18(17)33-22/h3-6,12,14-16H,7-11H2,1-2H3/t12-,14-,15+,16+/m0/s1. The molecule has 6 rings (SSSR count). The Morgan fingerprint density at radius 1 is 1.12 bits per heavy atom. The molecule has 2 saturated heterocycles. The maximum absolute atomic E-state index is 13.7. The molecule has 0 spiro atoms. The summed E-state index contributed by atoms with van der Waals surface area (Å²) in [5, 5.41) is 0. The number of para-hydroxylation sites is 1. The summed E-state index contributed by atoms with van der Waals surface area (Å²) >= 11 is 3.53. The highest BCUT2D eigenvalue weighted by Gasteiger charge is 2.56. The van der Waals surface area contributed by atoms with Gasteiger partial charge in [0.1, 0.15) is 5.82 Å². The third kappa shape index (κ3) is 3.75. The van der Waals surface area contributed by atoms with Crippen LogP contribution in [-0.4, -0.2) is 46.4 Å². The first kappa shape index (κ1) is 21.5. The topological polar surface area (TPSA) is 45.2 Å². The Balaban J connectivity index is 1.16. The number of thioether (sulfide) groups is 1. The zero-order valence-corrected chi connectivity index (χ0v) is 20.0. The van der Waals surface area contributed by atoms with E-state index in [1.807, 2.05) is 34.9 Å². The third-order valence-corrected chi connectivity index (χ3v) is 9.62. The van der Waals surface area contributed by atoms with Gasteiger partial charge in [-0.1, -0.05) is 23.9 Å². The fourth-order valence-corrected chi connectivity index (χ4v) is 7.57. The monoisotopic (exact) mass is 491 g/mol. The summed E-state index contributed by atoms with van der Waals surface area (Å²) in [5.41, 5.74) is 0.380. The number of halogens is 3. The molecule has 33 heavy (non-hydrogen) atoms. The molecule has 4 atom stereocenters. The molecule has 3 aliphatic rings. The van der Waals surface area contributed by atoms with Crippen molar-refractivity contribution in [1.29, 1.82) is 0 Å². The predicted molar refractivity (Wildman–Crippen MR) is 126 cm³/mol. The summed E-state index contributed by atoms with van der Waals surface area (Å²) in [7, 11) is 0. The number of anilines is 2. The van der Waals surface area contributed by atoms with Gasteiger partial charge in [-0.3, -0.25) is 0 Å². The van der Waals surface area contributed by atoms with E-state index in [0.717, 1.165) is 35.1 Å². The van der Waals surface area contributed by atoms with E-state index in [1.165, 1.54) is 11.6 Å².